The van der Waals surface area contributed by atoms with Crippen molar-refractivity contribution in [2.45, 2.75) is 6.61 Å². The fraction of sp³-hybridized carbons (Fsp3) is 0.0435. The molecule has 0 saturated heterocycles. The number of carbonyl (C=O) groups is 1. The molecule has 4 nitrogen and oxygen atoms in total. The van der Waals surface area contributed by atoms with Crippen LogP contribution in [-0.4, -0.2) is 11.1 Å². The van der Waals surface area contributed by atoms with E-state index in [1.807, 2.05) is 48.5 Å². The first-order valence-corrected chi connectivity index (χ1v) is 8.86. The Morgan fingerprint density at radius 2 is 1.64 bits per heavy atom. The van der Waals surface area contributed by atoms with Gasteiger partial charge in [-0.2, -0.15) is 5.26 Å². The number of benzene rings is 3. The van der Waals surface area contributed by atoms with Crippen LogP contribution in [0, 0.1) is 11.3 Å². The zero-order chi connectivity index (χ0) is 19.9. The molecule has 0 fully saturated rings. The summed E-state index contributed by atoms with van der Waals surface area (Å²) < 4.78 is 5.75. The smallest absolute Gasteiger partial charge is 0.335 e. The van der Waals surface area contributed by atoms with E-state index in [1.54, 1.807) is 18.2 Å². The summed E-state index contributed by atoms with van der Waals surface area (Å²) in [5, 5.41) is 19.1. The maximum Gasteiger partial charge on any atom is 0.335 e. The molecule has 0 unspecified atom stereocenters. The number of aromatic carboxylic acids is 1. The minimum absolute atomic E-state index is 0.182. The van der Waals surface area contributed by atoms with Crippen molar-refractivity contribution < 1.29 is 14.6 Å². The van der Waals surface area contributed by atoms with E-state index in [9.17, 15) is 10.1 Å². The summed E-state index contributed by atoms with van der Waals surface area (Å²) in [7, 11) is 0. The molecule has 0 spiro atoms. The molecular formula is C23H16ClNO3. The van der Waals surface area contributed by atoms with E-state index in [0.29, 0.717) is 28.5 Å². The first-order valence-electron chi connectivity index (χ1n) is 8.48. The summed E-state index contributed by atoms with van der Waals surface area (Å²) >= 11 is 6.12. The molecule has 0 aromatic heterocycles. The number of allylic oxidation sites excluding steroid dienone is 1. The Kier molecular flexibility index (Phi) is 6.11. The van der Waals surface area contributed by atoms with Gasteiger partial charge < -0.3 is 9.84 Å². The molecule has 0 saturated carbocycles. The SMILES string of the molecule is N#CC(=Cc1ccc(OCc2ccccc2Cl)cc1)c1ccc(C(=O)O)cc1. The number of ether oxygens (including phenoxy) is 1. The van der Waals surface area contributed by atoms with Crippen molar-refractivity contribution in [2.75, 3.05) is 0 Å². The average molecular weight is 390 g/mol. The van der Waals surface area contributed by atoms with Gasteiger partial charge in [0.15, 0.2) is 0 Å². The van der Waals surface area contributed by atoms with Crippen molar-refractivity contribution in [3.63, 3.8) is 0 Å². The van der Waals surface area contributed by atoms with Crippen LogP contribution in [0.15, 0.2) is 72.8 Å². The van der Waals surface area contributed by atoms with Crippen LogP contribution >= 0.6 is 11.6 Å². The van der Waals surface area contributed by atoms with Gasteiger partial charge in [0.1, 0.15) is 12.4 Å². The molecule has 1 N–H and O–H groups in total. The molecule has 0 aliphatic heterocycles. The summed E-state index contributed by atoms with van der Waals surface area (Å²) in [4.78, 5) is 10.9. The van der Waals surface area contributed by atoms with Crippen LogP contribution in [0.2, 0.25) is 5.02 Å². The van der Waals surface area contributed by atoms with Crippen LogP contribution in [0.4, 0.5) is 0 Å². The van der Waals surface area contributed by atoms with E-state index < -0.39 is 5.97 Å². The fourth-order valence-electron chi connectivity index (χ4n) is 2.58. The third-order valence-electron chi connectivity index (χ3n) is 4.11. The highest BCUT2D eigenvalue weighted by molar-refractivity contribution is 6.31. The first-order chi connectivity index (χ1) is 13.6. The van der Waals surface area contributed by atoms with Crippen molar-refractivity contribution >= 4 is 29.2 Å². The molecule has 0 bridgehead atoms. The highest BCUT2D eigenvalue weighted by atomic mass is 35.5. The van der Waals surface area contributed by atoms with E-state index in [0.717, 1.165) is 11.1 Å². The normalized spacial score (nSPS) is 10.9. The van der Waals surface area contributed by atoms with Crippen LogP contribution in [0.1, 0.15) is 27.0 Å². The highest BCUT2D eigenvalue weighted by Crippen LogP contribution is 2.22. The molecule has 3 aromatic carbocycles. The predicted octanol–water partition coefficient (Wildman–Crippen LogP) is 5.68. The standard InChI is InChI=1S/C23H16ClNO3/c24-22-4-2-1-3-19(22)15-28-21-11-5-16(6-12-21)13-20(14-25)17-7-9-18(10-8-17)23(26)27/h1-13H,15H2,(H,26,27). The quantitative estimate of drug-likeness (QED) is 0.434. The van der Waals surface area contributed by atoms with Gasteiger partial charge in [-0.15, -0.1) is 0 Å². The molecule has 28 heavy (non-hydrogen) atoms. The van der Waals surface area contributed by atoms with Crippen LogP contribution in [0.5, 0.6) is 5.75 Å². The Hall–Kier alpha value is -3.55. The third kappa shape index (κ3) is 4.79. The van der Waals surface area contributed by atoms with E-state index in [1.165, 1.54) is 12.1 Å². The maximum absolute atomic E-state index is 10.9. The van der Waals surface area contributed by atoms with Crippen LogP contribution in [0.25, 0.3) is 11.6 Å². The van der Waals surface area contributed by atoms with Gasteiger partial charge in [-0.1, -0.05) is 54.1 Å². The zero-order valence-corrected chi connectivity index (χ0v) is 15.6. The van der Waals surface area contributed by atoms with Crippen molar-refractivity contribution in [3.8, 4) is 11.8 Å². The second kappa shape index (κ2) is 8.90. The molecule has 5 heteroatoms. The van der Waals surface area contributed by atoms with Gasteiger partial charge in [0.25, 0.3) is 0 Å². The maximum atomic E-state index is 10.9. The summed E-state index contributed by atoms with van der Waals surface area (Å²) in [6.45, 7) is 0.369. The number of hydrogen-bond donors (Lipinski definition) is 1. The van der Waals surface area contributed by atoms with E-state index in [4.69, 9.17) is 21.4 Å². The molecule has 138 valence electrons. The third-order valence-corrected chi connectivity index (χ3v) is 4.48. The van der Waals surface area contributed by atoms with E-state index >= 15 is 0 Å². The van der Waals surface area contributed by atoms with Crippen LogP contribution in [0.3, 0.4) is 0 Å². The molecule has 3 aromatic rings. The molecule has 0 aliphatic carbocycles. The Bertz CT molecular complexity index is 1050. The molecule has 0 atom stereocenters. The van der Waals surface area contributed by atoms with Crippen molar-refractivity contribution in [1.82, 2.24) is 0 Å². The predicted molar refractivity (Wildman–Crippen MR) is 109 cm³/mol. The van der Waals surface area contributed by atoms with Gasteiger partial charge in [0.05, 0.1) is 17.2 Å². The van der Waals surface area contributed by atoms with Crippen molar-refractivity contribution in [2.24, 2.45) is 0 Å². The minimum atomic E-state index is -0.999. The lowest BCUT2D eigenvalue weighted by molar-refractivity contribution is 0.0697. The highest BCUT2D eigenvalue weighted by Gasteiger charge is 2.06. The zero-order valence-electron chi connectivity index (χ0n) is 14.8. The van der Waals surface area contributed by atoms with Crippen LogP contribution < -0.4 is 4.74 Å². The number of nitrogens with zero attached hydrogens (tertiary/aromatic N) is 1. The largest absolute Gasteiger partial charge is 0.489 e. The number of rotatable bonds is 6. The summed E-state index contributed by atoms with van der Waals surface area (Å²) in [6, 6.07) is 23.2. The van der Waals surface area contributed by atoms with Gasteiger partial charge >= 0.3 is 5.97 Å². The van der Waals surface area contributed by atoms with Gasteiger partial charge in [-0.05, 0) is 47.5 Å². The lowest BCUT2D eigenvalue weighted by atomic mass is 10.0. The molecule has 0 heterocycles. The van der Waals surface area contributed by atoms with Crippen LogP contribution in [-0.2, 0) is 6.61 Å². The second-order valence-electron chi connectivity index (χ2n) is 6.00. The molecular weight excluding hydrogens is 374 g/mol. The van der Waals surface area contributed by atoms with E-state index in [2.05, 4.69) is 6.07 Å². The Labute approximate surface area is 167 Å². The van der Waals surface area contributed by atoms with Crippen molar-refractivity contribution in [3.05, 3.63) is 100 Å². The second-order valence-corrected chi connectivity index (χ2v) is 6.41. The number of carboxylic acid groups (broad SMARTS) is 1. The van der Waals surface area contributed by atoms with Gasteiger partial charge in [-0.3, -0.25) is 0 Å². The average Bonchev–Trinajstić information content (AvgIpc) is 2.72. The van der Waals surface area contributed by atoms with Crippen molar-refractivity contribution in [1.29, 1.82) is 5.26 Å². The van der Waals surface area contributed by atoms with Gasteiger partial charge in [-0.25, -0.2) is 4.79 Å². The Balaban J connectivity index is 1.72. The van der Waals surface area contributed by atoms with E-state index in [-0.39, 0.29) is 5.56 Å². The number of hydrogen-bond acceptors (Lipinski definition) is 3. The minimum Gasteiger partial charge on any atom is -0.489 e. The number of carboxylic acids is 1. The monoisotopic (exact) mass is 389 g/mol. The van der Waals surface area contributed by atoms with Gasteiger partial charge in [0, 0.05) is 10.6 Å². The number of halogens is 1. The molecule has 3 rings (SSSR count). The Morgan fingerprint density at radius 1 is 1.00 bits per heavy atom. The summed E-state index contributed by atoms with van der Waals surface area (Å²) in [6.07, 6.45) is 1.74. The first kappa shape index (κ1) is 19.2. The fourth-order valence-corrected chi connectivity index (χ4v) is 2.77. The lowest BCUT2D eigenvalue weighted by Crippen LogP contribution is -1.96. The molecule has 0 radical (unpaired) electrons. The number of nitriles is 1. The topological polar surface area (TPSA) is 70.3 Å². The molecule has 0 aliphatic rings. The summed E-state index contributed by atoms with van der Waals surface area (Å²) in [5.74, 6) is -0.303. The van der Waals surface area contributed by atoms with Gasteiger partial charge in [0.2, 0.25) is 0 Å². The Morgan fingerprint density at radius 3 is 2.25 bits per heavy atom. The lowest BCUT2D eigenvalue weighted by Gasteiger charge is -2.08. The molecule has 0 amide bonds. The summed E-state index contributed by atoms with van der Waals surface area (Å²) in [5.41, 5.74) is 3.03.